The van der Waals surface area contributed by atoms with E-state index in [9.17, 15) is 4.39 Å². The standard InChI is InChI=1S/C12H12ClFN4O/c1-3-18(9-7-5-4-6-8(9)14)11-15-10(13)16-12(17-11)19-2/h4-7H,3H2,1-2H3. The van der Waals surface area contributed by atoms with Gasteiger partial charge in [0.1, 0.15) is 5.82 Å². The van der Waals surface area contributed by atoms with Gasteiger partial charge in [0, 0.05) is 6.54 Å². The number of benzene rings is 1. The Hall–Kier alpha value is -1.95. The Labute approximate surface area is 115 Å². The van der Waals surface area contributed by atoms with Gasteiger partial charge in [-0.05, 0) is 30.7 Å². The van der Waals surface area contributed by atoms with Gasteiger partial charge in [-0.1, -0.05) is 12.1 Å². The largest absolute Gasteiger partial charge is 0.467 e. The minimum absolute atomic E-state index is 0.00311. The highest BCUT2D eigenvalue weighted by Crippen LogP contribution is 2.26. The summed E-state index contributed by atoms with van der Waals surface area (Å²) in [5.74, 6) is -0.121. The van der Waals surface area contributed by atoms with Gasteiger partial charge in [-0.15, -0.1) is 0 Å². The number of para-hydroxylation sites is 1. The first-order valence-corrected chi connectivity index (χ1v) is 6.01. The average Bonchev–Trinajstić information content (AvgIpc) is 2.41. The topological polar surface area (TPSA) is 51.1 Å². The van der Waals surface area contributed by atoms with E-state index in [-0.39, 0.29) is 23.1 Å². The molecule has 0 saturated carbocycles. The summed E-state index contributed by atoms with van der Waals surface area (Å²) in [7, 11) is 1.43. The molecule has 0 saturated heterocycles. The summed E-state index contributed by atoms with van der Waals surface area (Å²) < 4.78 is 18.7. The van der Waals surface area contributed by atoms with Crippen molar-refractivity contribution in [1.82, 2.24) is 15.0 Å². The summed E-state index contributed by atoms with van der Waals surface area (Å²) in [4.78, 5) is 13.4. The molecule has 0 amide bonds. The van der Waals surface area contributed by atoms with Gasteiger partial charge < -0.3 is 9.64 Å². The van der Waals surface area contributed by atoms with Gasteiger partial charge in [-0.25, -0.2) is 4.39 Å². The van der Waals surface area contributed by atoms with Gasteiger partial charge in [0.25, 0.3) is 0 Å². The van der Waals surface area contributed by atoms with Crippen LogP contribution in [0.1, 0.15) is 6.92 Å². The third-order valence-corrected chi connectivity index (χ3v) is 2.63. The molecule has 1 aromatic heterocycles. The number of aromatic nitrogens is 3. The molecule has 5 nitrogen and oxygen atoms in total. The molecule has 0 spiro atoms. The van der Waals surface area contributed by atoms with Crippen LogP contribution in [0.4, 0.5) is 16.0 Å². The molecular formula is C12H12ClFN4O. The molecule has 0 bridgehead atoms. The number of nitrogens with zero attached hydrogens (tertiary/aromatic N) is 4. The summed E-state index contributed by atoms with van der Waals surface area (Å²) >= 11 is 5.79. The molecule has 0 N–H and O–H groups in total. The zero-order valence-electron chi connectivity index (χ0n) is 10.5. The van der Waals surface area contributed by atoms with Crippen LogP contribution in [0.5, 0.6) is 6.01 Å². The van der Waals surface area contributed by atoms with Gasteiger partial charge >= 0.3 is 6.01 Å². The zero-order chi connectivity index (χ0) is 13.8. The molecule has 0 atom stereocenters. The zero-order valence-corrected chi connectivity index (χ0v) is 11.2. The molecule has 2 aromatic rings. The van der Waals surface area contributed by atoms with Gasteiger partial charge in [0.15, 0.2) is 0 Å². The van der Waals surface area contributed by atoms with E-state index in [4.69, 9.17) is 16.3 Å². The molecule has 7 heteroatoms. The Bertz CT molecular complexity index is 581. The van der Waals surface area contributed by atoms with Gasteiger partial charge in [-0.2, -0.15) is 15.0 Å². The number of anilines is 2. The van der Waals surface area contributed by atoms with Crippen LogP contribution < -0.4 is 9.64 Å². The summed E-state index contributed by atoms with van der Waals surface area (Å²) in [5, 5.41) is -0.00311. The van der Waals surface area contributed by atoms with Crippen molar-refractivity contribution >= 4 is 23.2 Å². The van der Waals surface area contributed by atoms with Crippen molar-refractivity contribution in [2.24, 2.45) is 0 Å². The maximum Gasteiger partial charge on any atom is 0.322 e. The Kier molecular flexibility index (Phi) is 4.11. The molecule has 2 rings (SSSR count). The van der Waals surface area contributed by atoms with Gasteiger partial charge in [-0.3, -0.25) is 0 Å². The van der Waals surface area contributed by atoms with Crippen LogP contribution in [0.25, 0.3) is 0 Å². The summed E-state index contributed by atoms with van der Waals surface area (Å²) in [6.07, 6.45) is 0. The smallest absolute Gasteiger partial charge is 0.322 e. The van der Waals surface area contributed by atoms with E-state index >= 15 is 0 Å². The minimum Gasteiger partial charge on any atom is -0.467 e. The van der Waals surface area contributed by atoms with Crippen LogP contribution in [-0.4, -0.2) is 28.6 Å². The lowest BCUT2D eigenvalue weighted by molar-refractivity contribution is 0.378. The van der Waals surface area contributed by atoms with Gasteiger partial charge in [0.2, 0.25) is 11.2 Å². The van der Waals surface area contributed by atoms with Crippen LogP contribution in [0.3, 0.4) is 0 Å². The first-order chi connectivity index (χ1) is 9.15. The van der Waals surface area contributed by atoms with E-state index in [1.807, 2.05) is 6.92 Å². The molecule has 0 aliphatic carbocycles. The molecule has 0 aliphatic heterocycles. The highest BCUT2D eigenvalue weighted by molar-refractivity contribution is 6.28. The number of ether oxygens (including phenoxy) is 1. The fourth-order valence-electron chi connectivity index (χ4n) is 1.62. The summed E-state index contributed by atoms with van der Waals surface area (Å²) in [6.45, 7) is 2.33. The molecule has 1 aromatic carbocycles. The van der Waals surface area contributed by atoms with Crippen LogP contribution in [0.2, 0.25) is 5.28 Å². The fraction of sp³-hybridized carbons (Fsp3) is 0.250. The van der Waals surface area contributed by atoms with Crippen LogP contribution in [0, 0.1) is 5.82 Å². The van der Waals surface area contributed by atoms with Crippen LogP contribution in [0.15, 0.2) is 24.3 Å². The lowest BCUT2D eigenvalue weighted by Gasteiger charge is -2.21. The minimum atomic E-state index is -0.361. The van der Waals surface area contributed by atoms with Crippen molar-refractivity contribution < 1.29 is 9.13 Å². The molecule has 1 heterocycles. The highest BCUT2D eigenvalue weighted by atomic mass is 35.5. The molecular weight excluding hydrogens is 271 g/mol. The molecule has 0 unspecified atom stereocenters. The van der Waals surface area contributed by atoms with E-state index in [0.29, 0.717) is 12.2 Å². The van der Waals surface area contributed by atoms with Crippen molar-refractivity contribution in [3.63, 3.8) is 0 Å². The molecule has 0 fully saturated rings. The quantitative estimate of drug-likeness (QED) is 0.863. The molecule has 0 radical (unpaired) electrons. The Morgan fingerprint density at radius 1 is 1.26 bits per heavy atom. The summed E-state index contributed by atoms with van der Waals surface area (Å²) in [5.41, 5.74) is 0.370. The second-order valence-corrected chi connectivity index (χ2v) is 3.92. The number of hydrogen-bond acceptors (Lipinski definition) is 5. The van der Waals surface area contributed by atoms with Gasteiger partial charge in [0.05, 0.1) is 12.8 Å². The second-order valence-electron chi connectivity index (χ2n) is 3.59. The van der Waals surface area contributed by atoms with E-state index < -0.39 is 0 Å². The fourth-order valence-corrected chi connectivity index (χ4v) is 1.77. The van der Waals surface area contributed by atoms with Crippen LogP contribution in [-0.2, 0) is 0 Å². The number of rotatable bonds is 4. The average molecular weight is 283 g/mol. The van der Waals surface area contributed by atoms with E-state index in [1.165, 1.54) is 13.2 Å². The first kappa shape index (κ1) is 13.5. The number of hydrogen-bond donors (Lipinski definition) is 0. The van der Waals surface area contributed by atoms with Crippen molar-refractivity contribution in [1.29, 1.82) is 0 Å². The lowest BCUT2D eigenvalue weighted by atomic mass is 10.3. The maximum absolute atomic E-state index is 13.8. The normalized spacial score (nSPS) is 10.3. The SMILES string of the molecule is CCN(c1nc(Cl)nc(OC)n1)c1ccccc1F. The summed E-state index contributed by atoms with van der Waals surface area (Å²) in [6, 6.07) is 6.46. The number of methoxy groups -OCH3 is 1. The third kappa shape index (κ3) is 2.90. The number of halogens is 2. The van der Waals surface area contributed by atoms with Crippen molar-refractivity contribution in [3.8, 4) is 6.01 Å². The lowest BCUT2D eigenvalue weighted by Crippen LogP contribution is -2.20. The third-order valence-electron chi connectivity index (χ3n) is 2.46. The Morgan fingerprint density at radius 2 is 2.00 bits per heavy atom. The Morgan fingerprint density at radius 3 is 2.63 bits per heavy atom. The molecule has 100 valence electrons. The molecule has 19 heavy (non-hydrogen) atoms. The van der Waals surface area contributed by atoms with E-state index in [1.54, 1.807) is 23.1 Å². The van der Waals surface area contributed by atoms with E-state index in [2.05, 4.69) is 15.0 Å². The van der Waals surface area contributed by atoms with Crippen LogP contribution >= 0.6 is 11.6 Å². The maximum atomic E-state index is 13.8. The van der Waals surface area contributed by atoms with E-state index in [0.717, 1.165) is 0 Å². The molecule has 0 aliphatic rings. The van der Waals surface area contributed by atoms with Crippen molar-refractivity contribution in [3.05, 3.63) is 35.4 Å². The van der Waals surface area contributed by atoms with Crippen molar-refractivity contribution in [2.75, 3.05) is 18.6 Å². The Balaban J connectivity index is 2.48. The highest BCUT2D eigenvalue weighted by Gasteiger charge is 2.16. The second kappa shape index (κ2) is 5.79. The van der Waals surface area contributed by atoms with Crippen molar-refractivity contribution in [2.45, 2.75) is 6.92 Å². The predicted octanol–water partition coefficient (Wildman–Crippen LogP) is 2.83. The monoisotopic (exact) mass is 282 g/mol. The predicted molar refractivity (Wildman–Crippen MR) is 70.5 cm³/mol. The first-order valence-electron chi connectivity index (χ1n) is 5.63.